The molecule has 0 saturated heterocycles. The van der Waals surface area contributed by atoms with Gasteiger partial charge < -0.3 is 0 Å². The lowest BCUT2D eigenvalue weighted by molar-refractivity contribution is 1.78. The second-order valence-corrected chi connectivity index (χ2v) is 2.71. The van der Waals surface area contributed by atoms with Gasteiger partial charge in [0.05, 0.1) is 0 Å². The van der Waals surface area contributed by atoms with Crippen LogP contribution in [-0.4, -0.2) is 0 Å². The SMILES string of the molecule is c1cc2c3cccc2c3c1. The molecule has 0 aromatic heterocycles. The summed E-state index contributed by atoms with van der Waals surface area (Å²) in [6.45, 7) is 0. The van der Waals surface area contributed by atoms with Gasteiger partial charge in [-0.05, 0) is 21.5 Å². The predicted molar refractivity (Wildman–Crippen MR) is 43.8 cm³/mol. The summed E-state index contributed by atoms with van der Waals surface area (Å²) in [6.07, 6.45) is 0. The number of hydrogen-bond donors (Lipinski definition) is 0. The van der Waals surface area contributed by atoms with Crippen LogP contribution in [0.25, 0.3) is 21.5 Å². The fourth-order valence-electron chi connectivity index (χ4n) is 1.72. The van der Waals surface area contributed by atoms with Crippen LogP contribution in [0, 0.1) is 0 Å². The van der Waals surface area contributed by atoms with Gasteiger partial charge in [-0.3, -0.25) is 0 Å². The van der Waals surface area contributed by atoms with Crippen molar-refractivity contribution in [1.29, 1.82) is 0 Å². The van der Waals surface area contributed by atoms with E-state index in [1.165, 1.54) is 21.5 Å². The minimum absolute atomic E-state index is 1.43. The summed E-state index contributed by atoms with van der Waals surface area (Å²) in [5.74, 6) is 0. The van der Waals surface area contributed by atoms with Crippen molar-refractivity contribution in [2.24, 2.45) is 0 Å². The molecule has 46 valence electrons. The molecule has 0 aliphatic heterocycles. The maximum Gasteiger partial charge on any atom is -0.00990 e. The molecule has 10 heavy (non-hydrogen) atoms. The van der Waals surface area contributed by atoms with Crippen LogP contribution < -0.4 is 0 Å². The molecule has 0 heteroatoms. The lowest BCUT2D eigenvalue weighted by Crippen LogP contribution is -1.84. The topological polar surface area (TPSA) is 0 Å². The van der Waals surface area contributed by atoms with Gasteiger partial charge in [0, 0.05) is 0 Å². The zero-order chi connectivity index (χ0) is 6.55. The van der Waals surface area contributed by atoms with E-state index >= 15 is 0 Å². The first-order valence-corrected chi connectivity index (χ1v) is 3.49. The summed E-state index contributed by atoms with van der Waals surface area (Å²) in [7, 11) is 0. The molecule has 0 fully saturated rings. The molecule has 0 aliphatic rings. The van der Waals surface area contributed by atoms with Gasteiger partial charge in [-0.25, -0.2) is 0 Å². The molecule has 0 saturated carbocycles. The molecule has 0 aliphatic carbocycles. The number of hydrogen-bond acceptors (Lipinski definition) is 0. The minimum Gasteiger partial charge on any atom is -0.0610 e. The van der Waals surface area contributed by atoms with E-state index in [2.05, 4.69) is 36.4 Å². The molecule has 4 aromatic rings. The van der Waals surface area contributed by atoms with Crippen molar-refractivity contribution in [3.05, 3.63) is 36.4 Å². The highest BCUT2D eigenvalue weighted by Gasteiger charge is 2.07. The molecular weight excluding hydrogens is 120 g/mol. The average molecular weight is 126 g/mol. The number of fused-ring (bicyclic) bond motifs is 2. The molecule has 0 N–H and O–H groups in total. The van der Waals surface area contributed by atoms with Crippen LogP contribution in [0.4, 0.5) is 0 Å². The molecule has 0 unspecified atom stereocenters. The summed E-state index contributed by atoms with van der Waals surface area (Å²) >= 11 is 0. The van der Waals surface area contributed by atoms with E-state index in [0.29, 0.717) is 0 Å². The average Bonchev–Trinajstić information content (AvgIpc) is 2.08. The third kappa shape index (κ3) is 0.305. The first-order valence-electron chi connectivity index (χ1n) is 3.49. The minimum atomic E-state index is 1.43. The largest absolute Gasteiger partial charge is 0.0610 e. The van der Waals surface area contributed by atoms with Gasteiger partial charge in [-0.15, -0.1) is 0 Å². The maximum atomic E-state index is 2.18. The standard InChI is InChI=1S/C10H6/c1-3-7-9-5-2-6-10(7)8(9)4-1/h1-6H. The summed E-state index contributed by atoms with van der Waals surface area (Å²) in [5.41, 5.74) is 0. The van der Waals surface area contributed by atoms with Gasteiger partial charge in [0.1, 0.15) is 0 Å². The van der Waals surface area contributed by atoms with E-state index in [1.807, 2.05) is 0 Å². The Bertz CT molecular complexity index is 350. The van der Waals surface area contributed by atoms with Crippen molar-refractivity contribution in [1.82, 2.24) is 0 Å². The Morgan fingerprint density at radius 3 is 1.10 bits per heavy atom. The second kappa shape index (κ2) is 1.24. The smallest absolute Gasteiger partial charge is 0.00990 e. The molecule has 0 spiro atoms. The van der Waals surface area contributed by atoms with E-state index in [9.17, 15) is 0 Å². The lowest BCUT2D eigenvalue weighted by atomic mass is 9.92. The third-order valence-electron chi connectivity index (χ3n) is 2.21. The summed E-state index contributed by atoms with van der Waals surface area (Å²) < 4.78 is 0. The van der Waals surface area contributed by atoms with E-state index in [0.717, 1.165) is 0 Å². The zero-order valence-electron chi connectivity index (χ0n) is 5.46. The quantitative estimate of drug-likeness (QED) is 0.434. The van der Waals surface area contributed by atoms with E-state index in [1.54, 1.807) is 0 Å². The van der Waals surface area contributed by atoms with Crippen LogP contribution in [0.15, 0.2) is 36.4 Å². The van der Waals surface area contributed by atoms with Crippen molar-refractivity contribution in [3.8, 4) is 0 Å². The normalized spacial score (nSPS) is 12.0. The molecule has 4 rings (SSSR count). The van der Waals surface area contributed by atoms with Crippen molar-refractivity contribution in [2.45, 2.75) is 0 Å². The van der Waals surface area contributed by atoms with Gasteiger partial charge >= 0.3 is 0 Å². The first-order chi connectivity index (χ1) is 4.97. The van der Waals surface area contributed by atoms with Gasteiger partial charge in [0.25, 0.3) is 0 Å². The van der Waals surface area contributed by atoms with E-state index in [-0.39, 0.29) is 0 Å². The summed E-state index contributed by atoms with van der Waals surface area (Å²) in [4.78, 5) is 0. The van der Waals surface area contributed by atoms with Crippen molar-refractivity contribution in [3.63, 3.8) is 0 Å². The van der Waals surface area contributed by atoms with Gasteiger partial charge in [-0.1, -0.05) is 36.4 Å². The maximum absolute atomic E-state index is 2.18. The highest BCUT2D eigenvalue weighted by Crippen LogP contribution is 2.35. The van der Waals surface area contributed by atoms with E-state index in [4.69, 9.17) is 0 Å². The highest BCUT2D eigenvalue weighted by atomic mass is 14.1. The fraction of sp³-hybridized carbons (Fsp3) is 0. The summed E-state index contributed by atoms with van der Waals surface area (Å²) in [6, 6.07) is 12.9. The third-order valence-corrected chi connectivity index (χ3v) is 2.21. The predicted octanol–water partition coefficient (Wildman–Crippen LogP) is 2.87. The summed E-state index contributed by atoms with van der Waals surface area (Å²) in [5, 5.41) is 5.72. The van der Waals surface area contributed by atoms with Crippen molar-refractivity contribution < 1.29 is 0 Å². The second-order valence-electron chi connectivity index (χ2n) is 2.71. The van der Waals surface area contributed by atoms with Crippen LogP contribution in [0.1, 0.15) is 0 Å². The Morgan fingerprint density at radius 2 is 0.800 bits per heavy atom. The van der Waals surface area contributed by atoms with Crippen molar-refractivity contribution >= 4 is 21.5 Å². The van der Waals surface area contributed by atoms with Crippen LogP contribution in [-0.2, 0) is 0 Å². The Hall–Kier alpha value is -1.30. The Labute approximate surface area is 58.8 Å². The molecular formula is C10H6. The highest BCUT2D eigenvalue weighted by molar-refractivity contribution is 6.26. The van der Waals surface area contributed by atoms with Gasteiger partial charge in [0.15, 0.2) is 0 Å². The Balaban J connectivity index is 2.80. The molecule has 0 heterocycles. The molecule has 0 nitrogen and oxygen atoms in total. The molecule has 0 atom stereocenters. The fourth-order valence-corrected chi connectivity index (χ4v) is 1.72. The van der Waals surface area contributed by atoms with Crippen LogP contribution >= 0.6 is 0 Å². The molecule has 4 aromatic carbocycles. The van der Waals surface area contributed by atoms with E-state index < -0.39 is 0 Å². The number of rotatable bonds is 0. The molecule has 0 amide bonds. The lowest BCUT2D eigenvalue weighted by Gasteiger charge is -2.11. The monoisotopic (exact) mass is 126 g/mol. The van der Waals surface area contributed by atoms with Gasteiger partial charge in [0.2, 0.25) is 0 Å². The van der Waals surface area contributed by atoms with Crippen molar-refractivity contribution in [2.75, 3.05) is 0 Å². The Kier molecular flexibility index (Phi) is 0.558. The first kappa shape index (κ1) is 4.51. The van der Waals surface area contributed by atoms with Crippen LogP contribution in [0.2, 0.25) is 0 Å². The van der Waals surface area contributed by atoms with Gasteiger partial charge in [-0.2, -0.15) is 0 Å². The van der Waals surface area contributed by atoms with Crippen LogP contribution in [0.5, 0.6) is 0 Å². The molecule has 4 bridgehead atoms. The van der Waals surface area contributed by atoms with Crippen LogP contribution in [0.3, 0.4) is 0 Å². The Morgan fingerprint density at radius 1 is 0.500 bits per heavy atom. The number of benzene rings is 4. The molecule has 0 radical (unpaired) electrons. The zero-order valence-corrected chi connectivity index (χ0v) is 5.46.